The van der Waals surface area contributed by atoms with Crippen LogP contribution >= 0.6 is 0 Å². The Labute approximate surface area is 228 Å². The standard InChI is InChI=1S/2C6H4O.4C2H6.2CH4O.2W.Y/c2*1-3-4-6(2)5-7;6*1-2;;;/h2*1-4H;4*1-2H3;2*2H,1H3;;;/q2*-2;;;;;;;;;. The van der Waals surface area contributed by atoms with Crippen molar-refractivity contribution in [3.8, 4) is 0 Å². The van der Waals surface area contributed by atoms with E-state index in [4.69, 9.17) is 23.4 Å². The molecule has 0 spiro atoms. The summed E-state index contributed by atoms with van der Waals surface area (Å²) in [6.45, 7) is 26.0. The average Bonchev–Trinajstić information content (AvgIpc) is 2.84. The Morgan fingerprint density at radius 1 is 0.828 bits per heavy atom. The molecule has 0 heterocycles. The number of hydrogen-bond acceptors (Lipinski definition) is 4. The van der Waals surface area contributed by atoms with Gasteiger partial charge >= 0.3 is 118 Å². The van der Waals surface area contributed by atoms with Crippen LogP contribution in [-0.2, 0) is 81.0 Å². The van der Waals surface area contributed by atoms with Gasteiger partial charge in [-0.05, 0) is 0 Å². The molecule has 2 N–H and O–H groups in total. The zero-order valence-electron chi connectivity index (χ0n) is 19.7. The average molecular weight is 825 g/mol. The summed E-state index contributed by atoms with van der Waals surface area (Å²) in [5, 5.41) is 14.0. The number of carbonyl (C=O) groups excluding carboxylic acids is 2. The Hall–Kier alpha value is 0.441. The third kappa shape index (κ3) is 110. The van der Waals surface area contributed by atoms with Crippen molar-refractivity contribution in [1.82, 2.24) is 0 Å². The minimum absolute atomic E-state index is 0. The predicted molar refractivity (Wildman–Crippen MR) is 119 cm³/mol. The molecule has 0 fully saturated rings. The summed E-state index contributed by atoms with van der Waals surface area (Å²) in [5.74, 6) is 0. The van der Waals surface area contributed by atoms with Crippen molar-refractivity contribution < 1.29 is 91.2 Å². The van der Waals surface area contributed by atoms with Gasteiger partial charge in [-0.1, -0.05) is 55.4 Å². The van der Waals surface area contributed by atoms with E-state index in [0.717, 1.165) is 14.2 Å². The Balaban J connectivity index is -0.0000000254. The van der Waals surface area contributed by atoms with Gasteiger partial charge in [0.25, 0.3) is 0 Å². The van der Waals surface area contributed by atoms with Crippen LogP contribution in [-0.4, -0.2) is 45.8 Å². The summed E-state index contributed by atoms with van der Waals surface area (Å²) in [7, 11) is 2.00. The van der Waals surface area contributed by atoms with Gasteiger partial charge in [-0.25, -0.2) is 0 Å². The molecule has 0 aliphatic rings. The summed E-state index contributed by atoms with van der Waals surface area (Å²) < 4.78 is 3.58. The van der Waals surface area contributed by atoms with Gasteiger partial charge in [-0.3, -0.25) is 0 Å². The second-order valence-corrected chi connectivity index (χ2v) is 3.91. The molecular weight excluding hydrogens is 785 g/mol. The first-order chi connectivity index (χ1) is 13.7. The van der Waals surface area contributed by atoms with Crippen molar-refractivity contribution in [2.24, 2.45) is 0 Å². The summed E-state index contributed by atoms with van der Waals surface area (Å²) in [4.78, 5) is 19.5. The van der Waals surface area contributed by atoms with Gasteiger partial charge in [0.1, 0.15) is 0 Å². The van der Waals surface area contributed by atoms with Gasteiger partial charge in [0, 0.05) is 46.9 Å². The Bertz CT molecular complexity index is 345. The molecule has 4 nitrogen and oxygen atoms in total. The molecule has 0 aliphatic heterocycles. The van der Waals surface area contributed by atoms with E-state index in [-0.39, 0.29) is 38.3 Å². The maximum absolute atomic E-state index is 9.84. The molecule has 0 aromatic carbocycles. The molecule has 0 bridgehead atoms. The van der Waals surface area contributed by atoms with E-state index in [1.54, 1.807) is 23.0 Å². The molecule has 0 unspecified atom stereocenters. The molecule has 0 atom stereocenters. The van der Waals surface area contributed by atoms with Crippen LogP contribution in [0, 0.1) is 13.2 Å². The van der Waals surface area contributed by atoms with E-state index in [1.165, 1.54) is 56.9 Å². The molecule has 0 aromatic rings. The molecule has 29 heavy (non-hydrogen) atoms. The van der Waals surface area contributed by atoms with Crippen molar-refractivity contribution in [2.45, 2.75) is 55.4 Å². The normalized spacial score (nSPS) is 6.55. The van der Waals surface area contributed by atoms with E-state index < -0.39 is 0 Å². The van der Waals surface area contributed by atoms with Gasteiger partial charge in [0.05, 0.1) is 0 Å². The van der Waals surface area contributed by atoms with Crippen LogP contribution in [0.25, 0.3) is 0 Å². The molecule has 0 amide bonds. The molecule has 0 aromatic heterocycles. The van der Waals surface area contributed by atoms with E-state index >= 15 is 0 Å². The van der Waals surface area contributed by atoms with Crippen molar-refractivity contribution >= 4 is 21.4 Å². The maximum Gasteiger partial charge on any atom is 0 e. The molecule has 0 saturated heterocycles. The van der Waals surface area contributed by atoms with Gasteiger partial charge in [-0.15, -0.1) is 0 Å². The largest absolute Gasteiger partial charge is 0 e. The van der Waals surface area contributed by atoms with Crippen molar-refractivity contribution in [3.05, 3.63) is 48.6 Å². The first kappa shape index (κ1) is 57.0. The maximum atomic E-state index is 9.84. The summed E-state index contributed by atoms with van der Waals surface area (Å²) in [5.41, 5.74) is 0.657. The smallest absolute Gasteiger partial charge is 0 e. The van der Waals surface area contributed by atoms with E-state index in [0.29, 0.717) is 5.57 Å². The van der Waals surface area contributed by atoms with Crippen LogP contribution in [0.2, 0.25) is 0 Å². The third-order valence-corrected chi connectivity index (χ3v) is 2.47. The van der Waals surface area contributed by atoms with Gasteiger partial charge in [-0.2, -0.15) is 0 Å². The molecular formula is C22H40O4W2Y-4. The van der Waals surface area contributed by atoms with Crippen LogP contribution in [0.15, 0.2) is 35.5 Å². The molecule has 0 saturated carbocycles. The van der Waals surface area contributed by atoms with Crippen molar-refractivity contribution in [2.75, 3.05) is 14.2 Å². The van der Waals surface area contributed by atoms with Crippen molar-refractivity contribution in [1.29, 1.82) is 0 Å². The van der Waals surface area contributed by atoms with E-state index in [1.807, 2.05) is 59.8 Å². The fourth-order valence-electron chi connectivity index (χ4n) is 0.378. The molecule has 7 heteroatoms. The zero-order valence-corrected chi connectivity index (χ0v) is 28.4. The topological polar surface area (TPSA) is 74.6 Å². The Morgan fingerprint density at radius 2 is 1.17 bits per heavy atom. The molecule has 1 radical (unpaired) electrons. The summed E-state index contributed by atoms with van der Waals surface area (Å²) >= 11 is 2.55. The minimum Gasteiger partial charge on any atom is 0 e. The van der Waals surface area contributed by atoms with Gasteiger partial charge < -0.3 is 10.2 Å². The second-order valence-electron chi connectivity index (χ2n) is 2.09. The molecule has 171 valence electrons. The quantitative estimate of drug-likeness (QED) is 0.241. The van der Waals surface area contributed by atoms with Gasteiger partial charge in [0.15, 0.2) is 0 Å². The first-order valence-corrected chi connectivity index (χ1v) is 12.1. The number of aliphatic hydroxyl groups excluding tert-OH is 2. The van der Waals surface area contributed by atoms with Crippen LogP contribution in [0.1, 0.15) is 55.4 Å². The predicted octanol–water partition coefficient (Wildman–Crippen LogP) is 4.04. The fraction of sp³-hybridized carbons (Fsp3) is 0.455. The monoisotopic (exact) mass is 825 g/mol. The van der Waals surface area contributed by atoms with E-state index in [2.05, 4.69) is 0 Å². The third-order valence-electron chi connectivity index (χ3n) is 0.993. The second kappa shape index (κ2) is 103. The van der Waals surface area contributed by atoms with E-state index in [9.17, 15) is 9.59 Å². The SMILES string of the molecule is CC.CC.CC.CC.CO.CO.[CH-]=C([C-]=O)C=C[CH]=[W].[CH-]=CC=C([C-]=O)[CH]=[W].[Y]. The van der Waals surface area contributed by atoms with Crippen LogP contribution in [0.3, 0.4) is 0 Å². The number of aliphatic hydroxyl groups is 2. The Kier molecular flexibility index (Phi) is 202. The van der Waals surface area contributed by atoms with Gasteiger partial charge in [0.2, 0.25) is 0 Å². The van der Waals surface area contributed by atoms with Crippen molar-refractivity contribution in [3.63, 3.8) is 0 Å². The van der Waals surface area contributed by atoms with Crippen LogP contribution in [0.5, 0.6) is 0 Å². The van der Waals surface area contributed by atoms with Crippen LogP contribution in [0.4, 0.5) is 0 Å². The first-order valence-electron chi connectivity index (χ1n) is 8.76. The molecule has 0 aliphatic carbocycles. The number of allylic oxidation sites excluding steroid dienone is 6. The summed E-state index contributed by atoms with van der Waals surface area (Å²) in [6.07, 6.45) is 9.33. The summed E-state index contributed by atoms with van der Waals surface area (Å²) in [6, 6.07) is 0. The minimum atomic E-state index is 0. The van der Waals surface area contributed by atoms with Crippen LogP contribution < -0.4 is 0 Å². The zero-order chi connectivity index (χ0) is 24.8. The number of rotatable bonds is 6. The fourth-order valence-corrected chi connectivity index (χ4v) is 1.12. The molecule has 0 rings (SSSR count). The number of hydrogen-bond donors (Lipinski definition) is 2. The Morgan fingerprint density at radius 3 is 1.31 bits per heavy atom.